The highest BCUT2D eigenvalue weighted by atomic mass is 79.9. The van der Waals surface area contributed by atoms with E-state index in [1.807, 2.05) is 39.8 Å². The number of ether oxygens (including phenoxy) is 1. The molecule has 19 heavy (non-hydrogen) atoms. The molecular formula is C14H17BrN2O2. The van der Waals surface area contributed by atoms with Crippen molar-refractivity contribution in [3.8, 4) is 0 Å². The zero-order chi connectivity index (χ0) is 14.2. The summed E-state index contributed by atoms with van der Waals surface area (Å²) in [5.74, 6) is 0. The van der Waals surface area contributed by atoms with Crippen LogP contribution in [0.4, 0.5) is 4.79 Å². The number of pyridine rings is 1. The third-order valence-corrected chi connectivity index (χ3v) is 3.13. The third kappa shape index (κ3) is 2.97. The smallest absolute Gasteiger partial charge is 0.420 e. The van der Waals surface area contributed by atoms with Crippen LogP contribution in [-0.4, -0.2) is 21.2 Å². The molecule has 0 spiro atoms. The van der Waals surface area contributed by atoms with E-state index in [0.29, 0.717) is 5.65 Å². The molecule has 0 aliphatic carbocycles. The van der Waals surface area contributed by atoms with Crippen LogP contribution in [0.2, 0.25) is 0 Å². The molecule has 2 aromatic rings. The highest BCUT2D eigenvalue weighted by Crippen LogP contribution is 2.29. The summed E-state index contributed by atoms with van der Waals surface area (Å²) in [6, 6.07) is 3.83. The van der Waals surface area contributed by atoms with Gasteiger partial charge in [-0.05, 0) is 45.4 Å². The maximum atomic E-state index is 12.1. The van der Waals surface area contributed by atoms with E-state index in [4.69, 9.17) is 4.74 Å². The van der Waals surface area contributed by atoms with Gasteiger partial charge in [-0.25, -0.2) is 14.3 Å². The van der Waals surface area contributed by atoms with E-state index in [-0.39, 0.29) is 4.83 Å². The number of halogens is 1. The fraction of sp³-hybridized carbons (Fsp3) is 0.429. The largest absolute Gasteiger partial charge is 0.443 e. The second-order valence-corrected chi connectivity index (χ2v) is 6.79. The van der Waals surface area contributed by atoms with Crippen molar-refractivity contribution >= 4 is 33.1 Å². The highest BCUT2D eigenvalue weighted by molar-refractivity contribution is 9.09. The fourth-order valence-corrected chi connectivity index (χ4v) is 2.26. The minimum Gasteiger partial charge on any atom is -0.443 e. The summed E-state index contributed by atoms with van der Waals surface area (Å²) >= 11 is 3.55. The molecule has 0 aliphatic rings. The third-order valence-electron chi connectivity index (χ3n) is 2.64. The average molecular weight is 325 g/mol. The monoisotopic (exact) mass is 324 g/mol. The lowest BCUT2D eigenvalue weighted by Gasteiger charge is -2.19. The standard InChI is InChI=1S/C14H17BrN2O2/c1-9(15)10-5-7-16-12-11(10)6-8-17(12)13(18)19-14(2,3)4/h5-9H,1-4H3. The zero-order valence-corrected chi connectivity index (χ0v) is 13.1. The predicted molar refractivity (Wildman–Crippen MR) is 78.7 cm³/mol. The molecule has 0 saturated carbocycles. The van der Waals surface area contributed by atoms with Crippen LogP contribution in [-0.2, 0) is 4.74 Å². The molecule has 2 aromatic heterocycles. The van der Waals surface area contributed by atoms with Crippen LogP contribution in [0.1, 0.15) is 38.1 Å². The maximum absolute atomic E-state index is 12.1. The van der Waals surface area contributed by atoms with Crippen molar-refractivity contribution in [3.05, 3.63) is 30.1 Å². The number of rotatable bonds is 1. The van der Waals surface area contributed by atoms with Crippen molar-refractivity contribution in [1.29, 1.82) is 0 Å². The van der Waals surface area contributed by atoms with E-state index in [1.165, 1.54) is 4.57 Å². The molecule has 0 bridgehead atoms. The van der Waals surface area contributed by atoms with Crippen molar-refractivity contribution < 1.29 is 9.53 Å². The summed E-state index contributed by atoms with van der Waals surface area (Å²) in [4.78, 5) is 16.6. The van der Waals surface area contributed by atoms with Gasteiger partial charge in [0.25, 0.3) is 0 Å². The number of nitrogens with zero attached hydrogens (tertiary/aromatic N) is 2. The van der Waals surface area contributed by atoms with E-state index in [2.05, 4.69) is 20.9 Å². The zero-order valence-electron chi connectivity index (χ0n) is 11.5. The van der Waals surface area contributed by atoms with Gasteiger partial charge < -0.3 is 4.74 Å². The average Bonchev–Trinajstić information content (AvgIpc) is 2.69. The van der Waals surface area contributed by atoms with Crippen LogP contribution in [0.5, 0.6) is 0 Å². The van der Waals surface area contributed by atoms with Gasteiger partial charge in [0.15, 0.2) is 0 Å². The Balaban J connectivity index is 2.47. The molecule has 0 fully saturated rings. The molecule has 1 atom stereocenters. The van der Waals surface area contributed by atoms with Crippen LogP contribution in [0.3, 0.4) is 0 Å². The van der Waals surface area contributed by atoms with Gasteiger partial charge in [-0.2, -0.15) is 0 Å². The summed E-state index contributed by atoms with van der Waals surface area (Å²) < 4.78 is 6.81. The van der Waals surface area contributed by atoms with Crippen LogP contribution >= 0.6 is 15.9 Å². The Kier molecular flexibility index (Phi) is 3.67. The Morgan fingerprint density at radius 2 is 2.11 bits per heavy atom. The Labute approximate surface area is 120 Å². The minimum atomic E-state index is -0.520. The van der Waals surface area contributed by atoms with Gasteiger partial charge in [0.05, 0.1) is 0 Å². The molecule has 2 heterocycles. The van der Waals surface area contributed by atoms with Crippen LogP contribution in [0.15, 0.2) is 24.5 Å². The van der Waals surface area contributed by atoms with Crippen molar-refractivity contribution in [3.63, 3.8) is 0 Å². The van der Waals surface area contributed by atoms with Gasteiger partial charge in [-0.3, -0.25) is 0 Å². The fourth-order valence-electron chi connectivity index (χ4n) is 1.86. The summed E-state index contributed by atoms with van der Waals surface area (Å²) in [7, 11) is 0. The van der Waals surface area contributed by atoms with E-state index >= 15 is 0 Å². The van der Waals surface area contributed by atoms with E-state index in [0.717, 1.165) is 10.9 Å². The van der Waals surface area contributed by atoms with Gasteiger partial charge >= 0.3 is 6.09 Å². The SMILES string of the molecule is CC(Br)c1ccnc2c1ccn2C(=O)OC(C)(C)C. The molecule has 5 heteroatoms. The number of carbonyl (C=O) groups is 1. The van der Waals surface area contributed by atoms with Gasteiger partial charge in [0.2, 0.25) is 0 Å². The molecule has 0 amide bonds. The first-order chi connectivity index (χ1) is 8.79. The van der Waals surface area contributed by atoms with E-state index < -0.39 is 11.7 Å². The molecule has 2 rings (SSSR count). The van der Waals surface area contributed by atoms with Gasteiger partial charge in [-0.15, -0.1) is 0 Å². The Morgan fingerprint density at radius 3 is 2.68 bits per heavy atom. The quantitative estimate of drug-likeness (QED) is 0.735. The van der Waals surface area contributed by atoms with Crippen molar-refractivity contribution in [2.75, 3.05) is 0 Å². The van der Waals surface area contributed by atoms with Gasteiger partial charge in [0, 0.05) is 22.6 Å². The molecule has 0 aliphatic heterocycles. The maximum Gasteiger partial charge on any atom is 0.420 e. The number of aromatic nitrogens is 2. The van der Waals surface area contributed by atoms with Crippen LogP contribution in [0, 0.1) is 0 Å². The summed E-state index contributed by atoms with van der Waals surface area (Å²) in [6.45, 7) is 7.57. The molecule has 4 nitrogen and oxygen atoms in total. The predicted octanol–water partition coefficient (Wildman–Crippen LogP) is 4.28. The highest BCUT2D eigenvalue weighted by Gasteiger charge is 2.20. The summed E-state index contributed by atoms with van der Waals surface area (Å²) in [5, 5.41) is 0.956. The molecule has 0 aromatic carbocycles. The first-order valence-electron chi connectivity index (χ1n) is 6.13. The van der Waals surface area contributed by atoms with Gasteiger partial charge in [-0.1, -0.05) is 15.9 Å². The Hall–Kier alpha value is -1.36. The van der Waals surface area contributed by atoms with Gasteiger partial charge in [0.1, 0.15) is 11.2 Å². The molecule has 102 valence electrons. The number of carbonyl (C=O) groups excluding carboxylic acids is 1. The second kappa shape index (κ2) is 4.96. The molecule has 0 radical (unpaired) electrons. The topological polar surface area (TPSA) is 44.1 Å². The van der Waals surface area contributed by atoms with Crippen molar-refractivity contribution in [1.82, 2.24) is 9.55 Å². The Morgan fingerprint density at radius 1 is 1.42 bits per heavy atom. The number of hydrogen-bond donors (Lipinski definition) is 0. The first-order valence-corrected chi connectivity index (χ1v) is 7.04. The minimum absolute atomic E-state index is 0.201. The van der Waals surface area contributed by atoms with E-state index in [1.54, 1.807) is 12.4 Å². The van der Waals surface area contributed by atoms with Crippen LogP contribution in [0.25, 0.3) is 11.0 Å². The number of alkyl halides is 1. The lowest BCUT2D eigenvalue weighted by atomic mass is 10.1. The van der Waals surface area contributed by atoms with E-state index in [9.17, 15) is 4.79 Å². The Bertz CT molecular complexity index is 611. The molecule has 0 saturated heterocycles. The summed E-state index contributed by atoms with van der Waals surface area (Å²) in [5.41, 5.74) is 1.21. The molecular weight excluding hydrogens is 308 g/mol. The normalized spacial score (nSPS) is 13.5. The van der Waals surface area contributed by atoms with Crippen molar-refractivity contribution in [2.45, 2.75) is 38.1 Å². The second-order valence-electron chi connectivity index (χ2n) is 5.42. The molecule has 1 unspecified atom stereocenters. The van der Waals surface area contributed by atoms with Crippen LogP contribution < -0.4 is 0 Å². The number of hydrogen-bond acceptors (Lipinski definition) is 3. The number of fused-ring (bicyclic) bond motifs is 1. The lowest BCUT2D eigenvalue weighted by molar-refractivity contribution is 0.0543. The lowest BCUT2D eigenvalue weighted by Crippen LogP contribution is -2.26. The summed E-state index contributed by atoms with van der Waals surface area (Å²) in [6.07, 6.45) is 3.00. The first kappa shape index (κ1) is 14.1. The van der Waals surface area contributed by atoms with Crippen molar-refractivity contribution in [2.24, 2.45) is 0 Å². The molecule has 0 N–H and O–H groups in total.